The molecule has 5 aromatic rings. The van der Waals surface area contributed by atoms with Gasteiger partial charge in [0.25, 0.3) is 0 Å². The lowest BCUT2D eigenvalue weighted by molar-refractivity contribution is 0.0954. The van der Waals surface area contributed by atoms with Crippen molar-refractivity contribution < 1.29 is 4.79 Å². The van der Waals surface area contributed by atoms with Gasteiger partial charge in [-0.15, -0.1) is 5.10 Å². The molecule has 0 radical (unpaired) electrons. The Kier molecular flexibility index (Phi) is 2.28. The number of ketones is 1. The Morgan fingerprint density at radius 2 is 1.88 bits per heavy atom. The van der Waals surface area contributed by atoms with Gasteiger partial charge in [-0.3, -0.25) is 9.78 Å². The molecule has 0 bridgehead atoms. The molecule has 5 heteroatoms. The van der Waals surface area contributed by atoms with Gasteiger partial charge in [-0.25, -0.2) is 4.52 Å². The summed E-state index contributed by atoms with van der Waals surface area (Å²) in [6.07, 6.45) is 1.44. The zero-order chi connectivity index (χ0) is 16.7. The molecular formula is C20H14N4O. The Morgan fingerprint density at radius 1 is 1.04 bits per heavy atom. The van der Waals surface area contributed by atoms with E-state index < -0.39 is 0 Å². The van der Waals surface area contributed by atoms with Crippen LogP contribution in [0.5, 0.6) is 0 Å². The maximum atomic E-state index is 12.9. The number of benzene rings is 2. The predicted molar refractivity (Wildman–Crippen MR) is 96.3 cm³/mol. The van der Waals surface area contributed by atoms with Crippen LogP contribution in [0.15, 0.2) is 36.4 Å². The number of hydrogen-bond donors (Lipinski definition) is 0. The van der Waals surface area contributed by atoms with E-state index in [9.17, 15) is 4.79 Å². The van der Waals surface area contributed by atoms with Crippen molar-refractivity contribution in [1.29, 1.82) is 0 Å². The van der Waals surface area contributed by atoms with Crippen LogP contribution in [0.1, 0.15) is 29.4 Å². The van der Waals surface area contributed by atoms with Gasteiger partial charge in [0.2, 0.25) is 0 Å². The van der Waals surface area contributed by atoms with Crippen LogP contribution in [0.2, 0.25) is 0 Å². The SMILES string of the molecule is CC1CC(=O)c2c(nc3ccc4nnn5c6ccccc6c2c3c45)C1. The van der Waals surface area contributed by atoms with Crippen molar-refractivity contribution in [3.63, 3.8) is 0 Å². The number of para-hydroxylation sites is 1. The van der Waals surface area contributed by atoms with Crippen molar-refractivity contribution in [3.8, 4) is 0 Å². The highest BCUT2D eigenvalue weighted by atomic mass is 16.1. The van der Waals surface area contributed by atoms with Crippen molar-refractivity contribution in [2.24, 2.45) is 5.92 Å². The monoisotopic (exact) mass is 326 g/mol. The van der Waals surface area contributed by atoms with Crippen LogP contribution in [0.4, 0.5) is 0 Å². The first kappa shape index (κ1) is 13.2. The lowest BCUT2D eigenvalue weighted by Gasteiger charge is -2.23. The molecular weight excluding hydrogens is 312 g/mol. The summed E-state index contributed by atoms with van der Waals surface area (Å²) in [5, 5.41) is 11.7. The van der Waals surface area contributed by atoms with Crippen molar-refractivity contribution in [2.75, 3.05) is 0 Å². The highest BCUT2D eigenvalue weighted by Crippen LogP contribution is 2.40. The van der Waals surface area contributed by atoms with Crippen LogP contribution in [0.25, 0.3) is 38.2 Å². The third-order valence-corrected chi connectivity index (χ3v) is 5.39. The van der Waals surface area contributed by atoms with Gasteiger partial charge >= 0.3 is 0 Å². The van der Waals surface area contributed by atoms with Crippen molar-refractivity contribution in [2.45, 2.75) is 19.8 Å². The normalized spacial score (nSPS) is 18.0. The third kappa shape index (κ3) is 1.53. The van der Waals surface area contributed by atoms with Gasteiger partial charge in [0.15, 0.2) is 5.78 Å². The average Bonchev–Trinajstić information content (AvgIpc) is 3.04. The van der Waals surface area contributed by atoms with Crippen LogP contribution < -0.4 is 0 Å². The maximum absolute atomic E-state index is 12.9. The molecule has 3 aromatic heterocycles. The molecule has 1 unspecified atom stereocenters. The standard InChI is InChI=1S/C20H14N4O/c1-10-8-14-18(16(25)9-10)17-11-4-2-3-5-15(11)24-20-13(22-23-24)7-6-12(21-14)19(17)20/h2-7,10H,8-9H2,1H3. The first-order valence-electron chi connectivity index (χ1n) is 8.56. The molecule has 0 fully saturated rings. The minimum absolute atomic E-state index is 0.200. The Labute approximate surface area is 142 Å². The molecule has 1 atom stereocenters. The first-order valence-corrected chi connectivity index (χ1v) is 8.56. The summed E-state index contributed by atoms with van der Waals surface area (Å²) in [5.41, 5.74) is 5.42. The molecule has 2 aromatic carbocycles. The van der Waals surface area contributed by atoms with Gasteiger partial charge in [-0.05, 0) is 30.5 Å². The van der Waals surface area contributed by atoms with Crippen LogP contribution in [-0.2, 0) is 6.42 Å². The quantitative estimate of drug-likeness (QED) is 0.321. The Bertz CT molecular complexity index is 1330. The van der Waals surface area contributed by atoms with Gasteiger partial charge in [0, 0.05) is 28.1 Å². The molecule has 6 rings (SSSR count). The molecule has 0 amide bonds. The minimum Gasteiger partial charge on any atom is -0.294 e. The average molecular weight is 326 g/mol. The Morgan fingerprint density at radius 3 is 2.80 bits per heavy atom. The van der Waals surface area contributed by atoms with E-state index in [1.807, 2.05) is 34.8 Å². The number of pyridine rings is 2. The van der Waals surface area contributed by atoms with Gasteiger partial charge < -0.3 is 0 Å². The van der Waals surface area contributed by atoms with Gasteiger partial charge in [-0.2, -0.15) is 0 Å². The fourth-order valence-corrected chi connectivity index (χ4v) is 4.39. The van der Waals surface area contributed by atoms with E-state index in [1.165, 1.54) is 0 Å². The number of hydrogen-bond acceptors (Lipinski definition) is 4. The number of carbonyl (C=O) groups excluding carboxylic acids is 1. The lowest BCUT2D eigenvalue weighted by atomic mass is 9.83. The second-order valence-corrected chi connectivity index (χ2v) is 7.09. The fraction of sp³-hybridized carbons (Fsp3) is 0.200. The van der Waals surface area contributed by atoms with Crippen LogP contribution >= 0.6 is 0 Å². The van der Waals surface area contributed by atoms with Gasteiger partial charge in [-0.1, -0.05) is 30.3 Å². The van der Waals surface area contributed by atoms with E-state index in [0.29, 0.717) is 12.3 Å². The summed E-state index contributed by atoms with van der Waals surface area (Å²) in [4.78, 5) is 17.8. The third-order valence-electron chi connectivity index (χ3n) is 5.39. The summed E-state index contributed by atoms with van der Waals surface area (Å²) in [7, 11) is 0. The number of nitrogens with zero attached hydrogens (tertiary/aromatic N) is 4. The highest BCUT2D eigenvalue weighted by molar-refractivity contribution is 6.27. The summed E-state index contributed by atoms with van der Waals surface area (Å²) in [6, 6.07) is 12.1. The molecule has 25 heavy (non-hydrogen) atoms. The van der Waals surface area contributed by atoms with Gasteiger partial charge in [0.05, 0.1) is 16.7 Å². The topological polar surface area (TPSA) is 60.2 Å². The van der Waals surface area contributed by atoms with Crippen molar-refractivity contribution in [3.05, 3.63) is 47.7 Å². The fourth-order valence-electron chi connectivity index (χ4n) is 4.39. The van der Waals surface area contributed by atoms with E-state index in [-0.39, 0.29) is 5.78 Å². The maximum Gasteiger partial charge on any atom is 0.165 e. The molecule has 120 valence electrons. The summed E-state index contributed by atoms with van der Waals surface area (Å²) >= 11 is 0. The van der Waals surface area contributed by atoms with E-state index in [2.05, 4.69) is 23.3 Å². The zero-order valence-electron chi connectivity index (χ0n) is 13.7. The van der Waals surface area contributed by atoms with E-state index >= 15 is 0 Å². The number of aromatic nitrogens is 4. The number of carbonyl (C=O) groups is 1. The first-order chi connectivity index (χ1) is 12.2. The van der Waals surface area contributed by atoms with E-state index in [0.717, 1.165) is 55.9 Å². The second-order valence-electron chi connectivity index (χ2n) is 7.09. The van der Waals surface area contributed by atoms with E-state index in [1.54, 1.807) is 0 Å². The molecule has 5 nitrogen and oxygen atoms in total. The Balaban J connectivity index is 2.00. The van der Waals surface area contributed by atoms with E-state index in [4.69, 9.17) is 4.98 Å². The van der Waals surface area contributed by atoms with Crippen LogP contribution in [0.3, 0.4) is 0 Å². The number of Topliss-reactive ketones (excluding diaryl/α,β-unsaturated/α-hetero) is 1. The molecule has 0 aliphatic heterocycles. The van der Waals surface area contributed by atoms with Crippen LogP contribution in [0, 0.1) is 5.92 Å². The molecule has 0 saturated heterocycles. The van der Waals surface area contributed by atoms with Crippen molar-refractivity contribution >= 4 is 44.0 Å². The zero-order valence-corrected chi connectivity index (χ0v) is 13.7. The molecule has 0 spiro atoms. The van der Waals surface area contributed by atoms with Crippen molar-refractivity contribution in [1.82, 2.24) is 19.8 Å². The lowest BCUT2D eigenvalue weighted by Crippen LogP contribution is -2.20. The summed E-state index contributed by atoms with van der Waals surface area (Å²) in [5.74, 6) is 0.540. The molecule has 1 aliphatic rings. The van der Waals surface area contributed by atoms with Crippen LogP contribution in [-0.4, -0.2) is 25.6 Å². The molecule has 0 saturated carbocycles. The summed E-state index contributed by atoms with van der Waals surface area (Å²) in [6.45, 7) is 2.12. The van der Waals surface area contributed by atoms with Gasteiger partial charge in [0.1, 0.15) is 11.0 Å². The smallest absolute Gasteiger partial charge is 0.165 e. The molecule has 0 N–H and O–H groups in total. The molecule has 3 heterocycles. The molecule has 1 aliphatic carbocycles. The number of rotatable bonds is 0. The largest absolute Gasteiger partial charge is 0.294 e. The predicted octanol–water partition coefficient (Wildman–Crippen LogP) is 3.79. The minimum atomic E-state index is 0.200. The Hall–Kier alpha value is -3.08. The highest BCUT2D eigenvalue weighted by Gasteiger charge is 2.29. The summed E-state index contributed by atoms with van der Waals surface area (Å²) < 4.78 is 1.88. The number of fused-ring (bicyclic) bond motifs is 5. The second kappa shape index (κ2) is 4.30.